The van der Waals surface area contributed by atoms with Crippen molar-refractivity contribution in [3.63, 3.8) is 0 Å². The smallest absolute Gasteiger partial charge is 0.410 e. The van der Waals surface area contributed by atoms with Crippen LogP contribution in [0.2, 0.25) is 0 Å². The number of allylic oxidation sites excluding steroid dienone is 2. The molecule has 0 saturated carbocycles. The Labute approximate surface area is 171 Å². The van der Waals surface area contributed by atoms with Gasteiger partial charge in [-0.05, 0) is 65.7 Å². The summed E-state index contributed by atoms with van der Waals surface area (Å²) in [6.07, 6.45) is 5.76. The Morgan fingerprint density at radius 1 is 1.29 bits per heavy atom. The van der Waals surface area contributed by atoms with Crippen LogP contribution in [0.15, 0.2) is 48.3 Å². The molecule has 0 rings (SSSR count). The third kappa shape index (κ3) is 9.79. The van der Waals surface area contributed by atoms with Crippen LogP contribution in [0.5, 0.6) is 0 Å². The first-order chi connectivity index (χ1) is 13.0. The number of hydrogen-bond donors (Lipinski definition) is 0. The summed E-state index contributed by atoms with van der Waals surface area (Å²) >= 11 is 0. The Hall–Kier alpha value is -2.01. The highest BCUT2D eigenvalue weighted by atomic mass is 16.6. The number of methoxy groups -OCH3 is 1. The van der Waals surface area contributed by atoms with E-state index in [1.807, 2.05) is 60.6 Å². The lowest BCUT2D eigenvalue weighted by molar-refractivity contribution is -0.00432. The second-order valence-electron chi connectivity index (χ2n) is 7.85. The van der Waals surface area contributed by atoms with E-state index in [4.69, 9.17) is 14.2 Å². The summed E-state index contributed by atoms with van der Waals surface area (Å²) in [7, 11) is 1.59. The van der Waals surface area contributed by atoms with Crippen molar-refractivity contribution in [2.75, 3.05) is 20.3 Å². The van der Waals surface area contributed by atoms with E-state index in [0.717, 1.165) is 17.6 Å². The molecular weight excluding hydrogens is 354 g/mol. The predicted molar refractivity (Wildman–Crippen MR) is 116 cm³/mol. The van der Waals surface area contributed by atoms with Gasteiger partial charge in [0.25, 0.3) is 0 Å². The van der Waals surface area contributed by atoms with E-state index in [2.05, 4.69) is 13.2 Å². The molecule has 0 aromatic heterocycles. The van der Waals surface area contributed by atoms with Gasteiger partial charge >= 0.3 is 6.09 Å². The molecule has 0 bridgehead atoms. The molecule has 160 valence electrons. The van der Waals surface area contributed by atoms with Crippen molar-refractivity contribution in [2.45, 2.75) is 72.6 Å². The topological polar surface area (TPSA) is 48.0 Å². The number of hydrogen-bond acceptors (Lipinski definition) is 4. The summed E-state index contributed by atoms with van der Waals surface area (Å²) in [6, 6.07) is -0.229. The van der Waals surface area contributed by atoms with E-state index in [-0.39, 0.29) is 18.2 Å². The normalized spacial score (nSPS) is 14.9. The van der Waals surface area contributed by atoms with Gasteiger partial charge in [0.05, 0.1) is 32.4 Å². The van der Waals surface area contributed by atoms with Crippen LogP contribution < -0.4 is 0 Å². The molecule has 0 aliphatic heterocycles. The average Bonchev–Trinajstić information content (AvgIpc) is 2.60. The fourth-order valence-electron chi connectivity index (χ4n) is 2.48. The number of ether oxygens (including phenoxy) is 3. The van der Waals surface area contributed by atoms with Crippen LogP contribution in [0.3, 0.4) is 0 Å². The van der Waals surface area contributed by atoms with Crippen LogP contribution >= 0.6 is 0 Å². The zero-order valence-corrected chi connectivity index (χ0v) is 19.0. The number of rotatable bonds is 11. The Kier molecular flexibility index (Phi) is 11.6. The molecule has 0 aliphatic rings. The van der Waals surface area contributed by atoms with Crippen LogP contribution in [-0.2, 0) is 14.2 Å². The minimum atomic E-state index is -0.583. The average molecular weight is 394 g/mol. The van der Waals surface area contributed by atoms with Crippen molar-refractivity contribution < 1.29 is 19.0 Å². The number of nitrogens with zero attached hydrogens (tertiary/aromatic N) is 1. The standard InChI is InChI=1S/C23H39NO4/c1-11-19(14-20(12-2)26-10)18(6)24(22(25)28-23(7,8)9)15-21(13-3)27-16-17(4)5/h11-12,14,18,21H,2,4,13,15-16H2,1,3,5-10H3. The summed E-state index contributed by atoms with van der Waals surface area (Å²) in [5.41, 5.74) is 1.29. The van der Waals surface area contributed by atoms with Gasteiger partial charge < -0.3 is 14.2 Å². The molecule has 5 nitrogen and oxygen atoms in total. The third-order valence-corrected chi connectivity index (χ3v) is 4.08. The lowest BCUT2D eigenvalue weighted by atomic mass is 10.0. The summed E-state index contributed by atoms with van der Waals surface area (Å²) in [4.78, 5) is 14.7. The van der Waals surface area contributed by atoms with Gasteiger partial charge in [0.2, 0.25) is 0 Å². The highest BCUT2D eigenvalue weighted by Crippen LogP contribution is 2.20. The lowest BCUT2D eigenvalue weighted by Gasteiger charge is -2.34. The molecule has 1 amide bonds. The van der Waals surface area contributed by atoms with Gasteiger partial charge in [-0.25, -0.2) is 4.79 Å². The molecule has 0 aliphatic carbocycles. The van der Waals surface area contributed by atoms with Crippen molar-refractivity contribution in [2.24, 2.45) is 0 Å². The molecule has 0 heterocycles. The van der Waals surface area contributed by atoms with Crippen LogP contribution in [0.1, 0.15) is 54.9 Å². The maximum absolute atomic E-state index is 13.0. The molecule has 0 N–H and O–H groups in total. The van der Waals surface area contributed by atoms with E-state index in [1.165, 1.54) is 0 Å². The maximum Gasteiger partial charge on any atom is 0.410 e. The zero-order valence-electron chi connectivity index (χ0n) is 19.0. The SMILES string of the molecule is C=CC(=CC(=CC)C(C)N(CC(CC)OCC(=C)C)C(=O)OC(C)(C)C)OC. The fourth-order valence-corrected chi connectivity index (χ4v) is 2.48. The molecule has 0 spiro atoms. The van der Waals surface area contributed by atoms with Crippen LogP contribution in [-0.4, -0.2) is 49.0 Å². The van der Waals surface area contributed by atoms with Crippen LogP contribution in [0, 0.1) is 0 Å². The Morgan fingerprint density at radius 3 is 2.29 bits per heavy atom. The highest BCUT2D eigenvalue weighted by Gasteiger charge is 2.29. The first kappa shape index (κ1) is 26.0. The van der Waals surface area contributed by atoms with Gasteiger partial charge in [0.15, 0.2) is 0 Å². The zero-order chi connectivity index (χ0) is 21.9. The molecule has 2 atom stereocenters. The first-order valence-corrected chi connectivity index (χ1v) is 9.78. The highest BCUT2D eigenvalue weighted by molar-refractivity contribution is 5.69. The van der Waals surface area contributed by atoms with Gasteiger partial charge in [-0.3, -0.25) is 4.90 Å². The minimum absolute atomic E-state index is 0.116. The summed E-state index contributed by atoms with van der Waals surface area (Å²) in [5.74, 6) is 0.634. The molecule has 2 unspecified atom stereocenters. The van der Waals surface area contributed by atoms with Crippen LogP contribution in [0.4, 0.5) is 4.79 Å². The first-order valence-electron chi connectivity index (χ1n) is 9.78. The fraction of sp³-hybridized carbons (Fsp3) is 0.609. The summed E-state index contributed by atoms with van der Waals surface area (Å²) < 4.78 is 16.9. The van der Waals surface area contributed by atoms with Gasteiger partial charge in [-0.15, -0.1) is 0 Å². The van der Waals surface area contributed by atoms with Crippen molar-refractivity contribution in [3.05, 3.63) is 48.3 Å². The molecule has 0 fully saturated rings. The monoisotopic (exact) mass is 393 g/mol. The van der Waals surface area contributed by atoms with Crippen molar-refractivity contribution in [1.82, 2.24) is 4.90 Å². The number of amides is 1. The van der Waals surface area contributed by atoms with Crippen molar-refractivity contribution in [3.8, 4) is 0 Å². The molecule has 0 aromatic rings. The quantitative estimate of drug-likeness (QED) is 0.259. The lowest BCUT2D eigenvalue weighted by Crippen LogP contribution is -2.47. The van der Waals surface area contributed by atoms with Gasteiger partial charge in [0.1, 0.15) is 11.4 Å². The van der Waals surface area contributed by atoms with Gasteiger partial charge in [0, 0.05) is 0 Å². The van der Waals surface area contributed by atoms with Crippen LogP contribution in [0.25, 0.3) is 0 Å². The second-order valence-corrected chi connectivity index (χ2v) is 7.85. The molecule has 0 aromatic carbocycles. The van der Waals surface area contributed by atoms with E-state index in [1.54, 1.807) is 18.1 Å². The molecule has 5 heteroatoms. The maximum atomic E-state index is 13.0. The predicted octanol–water partition coefficient (Wildman–Crippen LogP) is 5.65. The Bertz CT molecular complexity index is 584. The minimum Gasteiger partial charge on any atom is -0.497 e. The largest absolute Gasteiger partial charge is 0.497 e. The van der Waals surface area contributed by atoms with Gasteiger partial charge in [-0.1, -0.05) is 31.7 Å². The molecular formula is C23H39NO4. The van der Waals surface area contributed by atoms with Crippen molar-refractivity contribution in [1.29, 1.82) is 0 Å². The van der Waals surface area contributed by atoms with Crippen molar-refractivity contribution >= 4 is 6.09 Å². The Balaban J connectivity index is 5.73. The second kappa shape index (κ2) is 12.4. The van der Waals surface area contributed by atoms with Gasteiger partial charge in [-0.2, -0.15) is 0 Å². The van der Waals surface area contributed by atoms with E-state index in [0.29, 0.717) is 18.9 Å². The van der Waals surface area contributed by atoms with E-state index < -0.39 is 5.60 Å². The summed E-state index contributed by atoms with van der Waals surface area (Å²) in [5, 5.41) is 0. The number of carbonyl (C=O) groups is 1. The van der Waals surface area contributed by atoms with E-state index >= 15 is 0 Å². The molecule has 0 radical (unpaired) electrons. The molecule has 0 saturated heterocycles. The van der Waals surface area contributed by atoms with E-state index in [9.17, 15) is 4.79 Å². The summed E-state index contributed by atoms with van der Waals surface area (Å²) in [6.45, 7) is 22.0. The molecule has 28 heavy (non-hydrogen) atoms. The number of carbonyl (C=O) groups excluding carboxylic acids is 1. The Morgan fingerprint density at radius 2 is 1.89 bits per heavy atom. The third-order valence-electron chi connectivity index (χ3n) is 4.08.